The Morgan fingerprint density at radius 2 is 2.28 bits per heavy atom. The standard InChI is InChI=1S/C14H26N4/c1-4-17-10-16-9-13(17)14-12(8-15)6-5-7-18(14)11(2)3/h9-12,14H,4-8,15H2,1-3H3. The van der Waals surface area contributed by atoms with Crippen LogP contribution in [0.2, 0.25) is 0 Å². The maximum Gasteiger partial charge on any atom is 0.0948 e. The van der Waals surface area contributed by atoms with Gasteiger partial charge in [-0.15, -0.1) is 0 Å². The van der Waals surface area contributed by atoms with Crippen LogP contribution in [0.3, 0.4) is 0 Å². The number of nitrogens with zero attached hydrogens (tertiary/aromatic N) is 3. The lowest BCUT2D eigenvalue weighted by molar-refractivity contribution is 0.0616. The van der Waals surface area contributed by atoms with Crippen LogP contribution in [0.15, 0.2) is 12.5 Å². The summed E-state index contributed by atoms with van der Waals surface area (Å²) < 4.78 is 2.26. The summed E-state index contributed by atoms with van der Waals surface area (Å²) in [6, 6.07) is 0.996. The Labute approximate surface area is 110 Å². The highest BCUT2D eigenvalue weighted by atomic mass is 15.2. The molecule has 2 heterocycles. The molecule has 0 spiro atoms. The molecule has 102 valence electrons. The van der Waals surface area contributed by atoms with Crippen LogP contribution < -0.4 is 5.73 Å². The highest BCUT2D eigenvalue weighted by Gasteiger charge is 2.34. The van der Waals surface area contributed by atoms with E-state index in [1.54, 1.807) is 0 Å². The van der Waals surface area contributed by atoms with Gasteiger partial charge in [-0.25, -0.2) is 4.98 Å². The maximum absolute atomic E-state index is 6.00. The van der Waals surface area contributed by atoms with Gasteiger partial charge in [-0.2, -0.15) is 0 Å². The molecule has 0 radical (unpaired) electrons. The first kappa shape index (κ1) is 13.6. The average Bonchev–Trinajstić information content (AvgIpc) is 2.85. The molecule has 4 heteroatoms. The lowest BCUT2D eigenvalue weighted by Crippen LogP contribution is -2.45. The van der Waals surface area contributed by atoms with E-state index in [-0.39, 0.29) is 0 Å². The van der Waals surface area contributed by atoms with Gasteiger partial charge >= 0.3 is 0 Å². The lowest BCUT2D eigenvalue weighted by atomic mass is 9.86. The molecule has 0 aliphatic carbocycles. The van der Waals surface area contributed by atoms with Crippen LogP contribution in [-0.2, 0) is 6.54 Å². The van der Waals surface area contributed by atoms with Gasteiger partial charge in [0.1, 0.15) is 0 Å². The first-order chi connectivity index (χ1) is 8.69. The Balaban J connectivity index is 2.33. The van der Waals surface area contributed by atoms with E-state index >= 15 is 0 Å². The Morgan fingerprint density at radius 3 is 2.89 bits per heavy atom. The number of likely N-dealkylation sites (tertiary alicyclic amines) is 1. The molecule has 1 aliphatic heterocycles. The number of piperidine rings is 1. The molecule has 1 aromatic heterocycles. The summed E-state index contributed by atoms with van der Waals surface area (Å²) in [6.45, 7) is 9.65. The Bertz CT molecular complexity index is 372. The molecule has 1 aromatic rings. The molecular weight excluding hydrogens is 224 g/mol. The minimum Gasteiger partial charge on any atom is -0.333 e. The van der Waals surface area contributed by atoms with Crippen molar-refractivity contribution in [3.8, 4) is 0 Å². The van der Waals surface area contributed by atoms with Gasteiger partial charge in [0.25, 0.3) is 0 Å². The third-order valence-corrected chi connectivity index (χ3v) is 4.15. The number of hydrogen-bond donors (Lipinski definition) is 1. The van der Waals surface area contributed by atoms with Crippen molar-refractivity contribution < 1.29 is 0 Å². The van der Waals surface area contributed by atoms with Crippen LogP contribution in [0.4, 0.5) is 0 Å². The minimum absolute atomic E-state index is 0.436. The van der Waals surface area contributed by atoms with E-state index in [0.29, 0.717) is 18.0 Å². The van der Waals surface area contributed by atoms with Crippen molar-refractivity contribution in [3.05, 3.63) is 18.2 Å². The normalized spacial score (nSPS) is 25.8. The van der Waals surface area contributed by atoms with Crippen LogP contribution in [0.25, 0.3) is 0 Å². The third-order valence-electron chi connectivity index (χ3n) is 4.15. The lowest BCUT2D eigenvalue weighted by Gasteiger charge is -2.43. The molecule has 2 rings (SSSR count). The Morgan fingerprint density at radius 1 is 1.50 bits per heavy atom. The topological polar surface area (TPSA) is 47.1 Å². The number of nitrogens with two attached hydrogens (primary N) is 1. The van der Waals surface area contributed by atoms with Crippen molar-refractivity contribution in [3.63, 3.8) is 0 Å². The fourth-order valence-electron chi connectivity index (χ4n) is 3.18. The summed E-state index contributed by atoms with van der Waals surface area (Å²) in [7, 11) is 0. The second-order valence-electron chi connectivity index (χ2n) is 5.52. The van der Waals surface area contributed by atoms with Gasteiger partial charge in [0.2, 0.25) is 0 Å². The molecular formula is C14H26N4. The second kappa shape index (κ2) is 5.85. The molecule has 2 unspecified atom stereocenters. The molecule has 0 saturated carbocycles. The Kier molecular flexibility index (Phi) is 4.40. The molecule has 2 atom stereocenters. The quantitative estimate of drug-likeness (QED) is 0.889. The monoisotopic (exact) mass is 250 g/mol. The molecule has 0 amide bonds. The molecule has 2 N–H and O–H groups in total. The summed E-state index contributed by atoms with van der Waals surface area (Å²) in [6.07, 6.45) is 6.46. The number of aromatic nitrogens is 2. The largest absolute Gasteiger partial charge is 0.333 e. The molecule has 1 saturated heterocycles. The van der Waals surface area contributed by atoms with Crippen molar-refractivity contribution in [2.75, 3.05) is 13.1 Å². The number of imidazole rings is 1. The van der Waals surface area contributed by atoms with E-state index in [4.69, 9.17) is 5.73 Å². The van der Waals surface area contributed by atoms with Crippen molar-refractivity contribution in [1.82, 2.24) is 14.5 Å². The van der Waals surface area contributed by atoms with Crippen LogP contribution >= 0.6 is 0 Å². The van der Waals surface area contributed by atoms with Crippen molar-refractivity contribution in [1.29, 1.82) is 0 Å². The summed E-state index contributed by atoms with van der Waals surface area (Å²) in [4.78, 5) is 6.91. The number of rotatable bonds is 4. The zero-order valence-electron chi connectivity index (χ0n) is 11.8. The smallest absolute Gasteiger partial charge is 0.0948 e. The van der Waals surface area contributed by atoms with Crippen molar-refractivity contribution >= 4 is 0 Å². The fourth-order valence-corrected chi connectivity index (χ4v) is 3.18. The zero-order valence-corrected chi connectivity index (χ0v) is 11.8. The van der Waals surface area contributed by atoms with Gasteiger partial charge in [-0.3, -0.25) is 4.90 Å². The van der Waals surface area contributed by atoms with Crippen LogP contribution in [0.5, 0.6) is 0 Å². The van der Waals surface area contributed by atoms with Crippen molar-refractivity contribution in [2.24, 2.45) is 11.7 Å². The number of hydrogen-bond acceptors (Lipinski definition) is 3. The number of aryl methyl sites for hydroxylation is 1. The van der Waals surface area contributed by atoms with Gasteiger partial charge in [0, 0.05) is 18.8 Å². The van der Waals surface area contributed by atoms with E-state index in [2.05, 4.69) is 35.2 Å². The fraction of sp³-hybridized carbons (Fsp3) is 0.786. The third kappa shape index (κ3) is 2.45. The predicted octanol–water partition coefficient (Wildman–Crippen LogP) is 2.02. The summed E-state index contributed by atoms with van der Waals surface area (Å²) in [5.41, 5.74) is 7.33. The SMILES string of the molecule is CCn1cncc1C1C(CN)CCCN1C(C)C. The summed E-state index contributed by atoms with van der Waals surface area (Å²) in [5, 5.41) is 0. The van der Waals surface area contributed by atoms with Crippen molar-refractivity contribution in [2.45, 2.75) is 52.2 Å². The maximum atomic E-state index is 6.00. The predicted molar refractivity (Wildman–Crippen MR) is 74.3 cm³/mol. The van der Waals surface area contributed by atoms with Gasteiger partial charge in [-0.1, -0.05) is 0 Å². The van der Waals surface area contributed by atoms with E-state index in [1.807, 2.05) is 12.5 Å². The Hall–Kier alpha value is -0.870. The van der Waals surface area contributed by atoms with E-state index in [0.717, 1.165) is 13.1 Å². The van der Waals surface area contributed by atoms with Gasteiger partial charge in [0.15, 0.2) is 0 Å². The van der Waals surface area contributed by atoms with Gasteiger partial charge < -0.3 is 10.3 Å². The highest BCUT2D eigenvalue weighted by molar-refractivity contribution is 5.10. The second-order valence-corrected chi connectivity index (χ2v) is 5.52. The van der Waals surface area contributed by atoms with E-state index < -0.39 is 0 Å². The van der Waals surface area contributed by atoms with Crippen LogP contribution in [0.1, 0.15) is 45.3 Å². The molecule has 0 bridgehead atoms. The van der Waals surface area contributed by atoms with Gasteiger partial charge in [0.05, 0.1) is 18.1 Å². The van der Waals surface area contributed by atoms with Crippen LogP contribution in [0, 0.1) is 5.92 Å². The zero-order chi connectivity index (χ0) is 13.1. The molecule has 18 heavy (non-hydrogen) atoms. The average molecular weight is 250 g/mol. The molecule has 4 nitrogen and oxygen atoms in total. The molecule has 1 fully saturated rings. The summed E-state index contributed by atoms with van der Waals surface area (Å²) in [5.74, 6) is 0.558. The van der Waals surface area contributed by atoms with E-state index in [9.17, 15) is 0 Å². The first-order valence-corrected chi connectivity index (χ1v) is 7.14. The van der Waals surface area contributed by atoms with Crippen LogP contribution in [-0.4, -0.2) is 33.6 Å². The molecule has 0 aromatic carbocycles. The highest BCUT2D eigenvalue weighted by Crippen LogP contribution is 2.36. The minimum atomic E-state index is 0.436. The first-order valence-electron chi connectivity index (χ1n) is 7.14. The van der Waals surface area contributed by atoms with Gasteiger partial charge in [-0.05, 0) is 52.6 Å². The molecule has 1 aliphatic rings. The summed E-state index contributed by atoms with van der Waals surface area (Å²) >= 11 is 0. The van der Waals surface area contributed by atoms with E-state index in [1.165, 1.54) is 25.1 Å².